The van der Waals surface area contributed by atoms with Gasteiger partial charge in [-0.2, -0.15) is 0 Å². The van der Waals surface area contributed by atoms with Crippen molar-refractivity contribution in [1.82, 2.24) is 0 Å². The summed E-state index contributed by atoms with van der Waals surface area (Å²) in [5.74, 6) is 2.86. The smallest absolute Gasteiger partial charge is 0.147 e. The molecule has 0 N–H and O–H groups in total. The van der Waals surface area contributed by atoms with Gasteiger partial charge < -0.3 is 12.4 Å². The Morgan fingerprint density at radius 2 is 0.727 bits per heavy atom. The second-order valence-corrected chi connectivity index (χ2v) is 26.0. The minimum atomic E-state index is -1.60. The van der Waals surface area contributed by atoms with Gasteiger partial charge in [0.15, 0.2) is 0 Å². The fourth-order valence-corrected chi connectivity index (χ4v) is 12.1. The van der Waals surface area contributed by atoms with Gasteiger partial charge in [0.2, 0.25) is 0 Å². The van der Waals surface area contributed by atoms with E-state index in [0.717, 1.165) is 5.66 Å². The molecule has 0 aromatic heterocycles. The van der Waals surface area contributed by atoms with Crippen molar-refractivity contribution >= 4 is 29.9 Å². The summed E-state index contributed by atoms with van der Waals surface area (Å²) >= 11 is 0. The van der Waals surface area contributed by atoms with Crippen LogP contribution in [0.25, 0.3) is 0 Å². The van der Waals surface area contributed by atoms with Gasteiger partial charge in [0.1, 0.15) is 0 Å². The summed E-state index contributed by atoms with van der Waals surface area (Å²) in [7, 11) is 0.660. The molecule has 0 aliphatic carbocycles. The van der Waals surface area contributed by atoms with E-state index in [1.807, 2.05) is 0 Å². The number of rotatable bonds is 34. The second-order valence-electron chi connectivity index (χ2n) is 15.8. The first-order valence-corrected chi connectivity index (χ1v) is 25.6. The van der Waals surface area contributed by atoms with Gasteiger partial charge in [0, 0.05) is 0 Å². The van der Waals surface area contributed by atoms with E-state index >= 15 is 0 Å². The van der Waals surface area contributed by atoms with Crippen LogP contribution in [0.2, 0.25) is 0 Å². The fraction of sp³-hybridized carbons (Fsp3) is 1.00. The number of hydrogen-bond acceptors (Lipinski definition) is 0. The van der Waals surface area contributed by atoms with Gasteiger partial charge >= 0.3 is 235 Å². The first kappa shape index (κ1) is 49.7. The van der Waals surface area contributed by atoms with E-state index in [-0.39, 0.29) is 24.8 Å². The molecule has 4 heteroatoms. The molecular weight excluding hydrogens is 614 g/mol. The van der Waals surface area contributed by atoms with Crippen LogP contribution in [0.1, 0.15) is 207 Å². The number of hydrogen-bond donors (Lipinski definition) is 0. The quantitative estimate of drug-likeness (QED) is 0.0356. The molecule has 272 valence electrons. The molecule has 0 spiro atoms. The molecule has 0 fully saturated rings. The molecule has 0 radical (unpaired) electrons. The number of halogens is 2. The van der Waals surface area contributed by atoms with Gasteiger partial charge in [-0.15, -0.1) is 12.4 Å². The average molecular weight is 702 g/mol. The molecule has 0 aliphatic heterocycles. The molecule has 0 bridgehead atoms. The predicted molar refractivity (Wildman–Crippen MR) is 215 cm³/mol. The van der Waals surface area contributed by atoms with E-state index < -0.39 is 6.60 Å². The maximum Gasteiger partial charge on any atom is -0.147 e. The van der Waals surface area contributed by atoms with Crippen LogP contribution < -0.4 is 12.4 Å². The molecule has 0 saturated heterocycles. The minimum Gasteiger partial charge on any atom is -1.00 e. The van der Waals surface area contributed by atoms with Gasteiger partial charge in [0.05, 0.1) is 0 Å². The summed E-state index contributed by atoms with van der Waals surface area (Å²) < 4.78 is 0. The Balaban J connectivity index is -0.00000840. The monoisotopic (exact) mass is 701 g/mol. The topological polar surface area (TPSA) is 0 Å². The van der Waals surface area contributed by atoms with Crippen LogP contribution in [0, 0.1) is 0 Å². The summed E-state index contributed by atoms with van der Waals surface area (Å²) in [6, 6.07) is 0. The fourth-order valence-electron chi connectivity index (χ4n) is 7.07. The van der Waals surface area contributed by atoms with Crippen LogP contribution in [0.5, 0.6) is 0 Å². The molecular formula is C40H87Cl2PS. The summed E-state index contributed by atoms with van der Waals surface area (Å²) in [6.45, 7) is 13.8. The minimum absolute atomic E-state index is 0. The summed E-state index contributed by atoms with van der Waals surface area (Å²) in [4.78, 5) is 0. The van der Waals surface area contributed by atoms with Crippen molar-refractivity contribution in [2.45, 2.75) is 213 Å². The van der Waals surface area contributed by atoms with Crippen molar-refractivity contribution in [2.24, 2.45) is 0 Å². The summed E-state index contributed by atoms with van der Waals surface area (Å²) in [5.41, 5.74) is 1.03. The van der Waals surface area contributed by atoms with E-state index in [0.29, 0.717) is 10.9 Å². The summed E-state index contributed by atoms with van der Waals surface area (Å²) in [6.07, 6.45) is 46.9. The third kappa shape index (κ3) is 31.9. The van der Waals surface area contributed by atoms with Gasteiger partial charge in [-0.1, -0.05) is 39.0 Å². The molecule has 0 heterocycles. The Hall–Kier alpha value is 1.36. The van der Waals surface area contributed by atoms with Crippen molar-refractivity contribution in [3.05, 3.63) is 0 Å². The average Bonchev–Trinajstić information content (AvgIpc) is 2.96. The Kier molecular flexibility index (Phi) is 38.7. The zero-order chi connectivity index (χ0) is 31.2. The summed E-state index contributed by atoms with van der Waals surface area (Å²) in [5, 5.41) is 0. The van der Waals surface area contributed by atoms with Crippen molar-refractivity contribution in [2.75, 3.05) is 43.9 Å². The zero-order valence-electron chi connectivity index (χ0n) is 31.8. The Morgan fingerprint density at radius 3 is 1.07 bits per heavy atom. The van der Waals surface area contributed by atoms with Crippen LogP contribution in [-0.4, -0.2) is 49.6 Å². The second kappa shape index (κ2) is 34.2. The maximum atomic E-state index is 2.78. The van der Waals surface area contributed by atoms with Crippen molar-refractivity contribution in [3.63, 3.8) is 0 Å². The third-order valence-corrected chi connectivity index (χ3v) is 17.7. The zero-order valence-corrected chi connectivity index (χ0v) is 35.1. The van der Waals surface area contributed by atoms with E-state index in [9.17, 15) is 0 Å². The molecule has 0 aliphatic rings. The van der Waals surface area contributed by atoms with E-state index in [4.69, 9.17) is 0 Å². The largest absolute Gasteiger partial charge is 1.00 e. The molecule has 2 unspecified atom stereocenters. The molecule has 0 aromatic carbocycles. The molecule has 0 saturated carbocycles. The van der Waals surface area contributed by atoms with Crippen molar-refractivity contribution in [1.29, 1.82) is 0 Å². The SMILES string of the molecule is CCCCCCCCCCCCCCCCCCP(C)(C)(C)C(CCCCCCCCCCC)CCCC[S+](C)CC.Cl.[Cl-]. The van der Waals surface area contributed by atoms with Gasteiger partial charge in [-0.3, -0.25) is 0 Å². The van der Waals surface area contributed by atoms with E-state index in [1.165, 1.54) is 198 Å². The standard InChI is InChI=1S/C40H86PS.2ClH/c1-8-11-13-15-17-19-20-21-22-23-24-25-27-29-31-34-38-41(4,5,6)40(37-33-35-39-42(7)10-3)36-32-30-28-26-18-16-14-12-9-2;;/h40H,8-39H2,1-7H3;2*1H/q+1;;/p-1. The Bertz CT molecular complexity index is 547. The molecule has 0 aromatic rings. The van der Waals surface area contributed by atoms with Crippen LogP contribution in [-0.2, 0) is 10.9 Å². The van der Waals surface area contributed by atoms with E-state index in [1.54, 1.807) is 6.16 Å². The molecule has 2 atom stereocenters. The molecule has 44 heavy (non-hydrogen) atoms. The van der Waals surface area contributed by atoms with Crippen LogP contribution >= 0.6 is 19.0 Å². The molecule has 0 amide bonds. The van der Waals surface area contributed by atoms with Gasteiger partial charge in [-0.05, 0) is 0 Å². The third-order valence-electron chi connectivity index (χ3n) is 10.6. The number of unbranched alkanes of at least 4 members (excludes halogenated alkanes) is 24. The van der Waals surface area contributed by atoms with Crippen molar-refractivity contribution in [3.8, 4) is 0 Å². The van der Waals surface area contributed by atoms with Crippen LogP contribution in [0.15, 0.2) is 0 Å². The van der Waals surface area contributed by atoms with Crippen LogP contribution in [0.3, 0.4) is 0 Å². The van der Waals surface area contributed by atoms with Gasteiger partial charge in [-0.25, -0.2) is 0 Å². The first-order valence-electron chi connectivity index (χ1n) is 19.8. The predicted octanol–water partition coefficient (Wildman–Crippen LogP) is 11.8. The van der Waals surface area contributed by atoms with E-state index in [2.05, 4.69) is 47.0 Å². The Labute approximate surface area is 297 Å². The van der Waals surface area contributed by atoms with Crippen LogP contribution in [0.4, 0.5) is 0 Å². The normalized spacial score (nSPS) is 13.9. The maximum absolute atomic E-state index is 2.78. The molecule has 0 rings (SSSR count). The molecule has 0 nitrogen and oxygen atoms in total. The van der Waals surface area contributed by atoms with Crippen molar-refractivity contribution < 1.29 is 12.4 Å². The van der Waals surface area contributed by atoms with Gasteiger partial charge in [0.25, 0.3) is 0 Å². The Morgan fingerprint density at radius 1 is 0.432 bits per heavy atom. The first-order chi connectivity index (χ1) is 20.2.